The summed E-state index contributed by atoms with van der Waals surface area (Å²) in [6.45, 7) is 2.07. The van der Waals surface area contributed by atoms with Gasteiger partial charge in [0.2, 0.25) is 0 Å². The number of nitrogens with zero attached hydrogens (tertiary/aromatic N) is 1. The molecule has 0 aromatic heterocycles. The summed E-state index contributed by atoms with van der Waals surface area (Å²) < 4.78 is 11.1. The van der Waals surface area contributed by atoms with Gasteiger partial charge < -0.3 is 14.8 Å². The summed E-state index contributed by atoms with van der Waals surface area (Å²) in [5.74, 6) is -0.704. The maximum absolute atomic E-state index is 12.8. The molecule has 0 aliphatic carbocycles. The molecule has 2 N–H and O–H groups in total. The molecule has 0 atom stereocenters. The van der Waals surface area contributed by atoms with Crippen LogP contribution >= 0.6 is 23.2 Å². The summed E-state index contributed by atoms with van der Waals surface area (Å²) in [5, 5.41) is 8.71. The first-order chi connectivity index (χ1) is 18.9. The Morgan fingerprint density at radius 3 is 2.38 bits per heavy atom. The molecular formula is C29H23Cl2N3O5. The van der Waals surface area contributed by atoms with Gasteiger partial charge in [-0.05, 0) is 66.2 Å². The van der Waals surface area contributed by atoms with E-state index in [1.54, 1.807) is 30.3 Å². The fraction of sp³-hybridized carbons (Fsp3) is 0.103. The molecule has 198 valence electrons. The van der Waals surface area contributed by atoms with Crippen LogP contribution in [0.1, 0.15) is 33.2 Å². The Kier molecular flexibility index (Phi) is 9.14. The van der Waals surface area contributed by atoms with Crippen LogP contribution in [-0.2, 0) is 4.79 Å². The highest BCUT2D eigenvalue weighted by Gasteiger charge is 2.14. The molecule has 0 fully saturated rings. The van der Waals surface area contributed by atoms with E-state index < -0.39 is 17.8 Å². The van der Waals surface area contributed by atoms with E-state index in [9.17, 15) is 14.4 Å². The van der Waals surface area contributed by atoms with Crippen LogP contribution in [0.4, 0.5) is 0 Å². The van der Waals surface area contributed by atoms with Gasteiger partial charge in [-0.2, -0.15) is 5.10 Å². The Balaban J connectivity index is 1.45. The lowest BCUT2D eigenvalue weighted by Crippen LogP contribution is -2.34. The van der Waals surface area contributed by atoms with Crippen molar-refractivity contribution in [2.45, 2.75) is 6.92 Å². The van der Waals surface area contributed by atoms with Gasteiger partial charge in [-0.3, -0.25) is 9.59 Å². The van der Waals surface area contributed by atoms with E-state index in [-0.39, 0.29) is 22.9 Å². The fourth-order valence-electron chi connectivity index (χ4n) is 3.62. The average Bonchev–Trinajstić information content (AvgIpc) is 2.94. The van der Waals surface area contributed by atoms with Crippen LogP contribution in [0.2, 0.25) is 10.0 Å². The summed E-state index contributed by atoms with van der Waals surface area (Å²) in [6.07, 6.45) is 1.39. The molecule has 0 aliphatic heterocycles. The second kappa shape index (κ2) is 12.9. The van der Waals surface area contributed by atoms with Crippen LogP contribution in [-0.4, -0.2) is 37.1 Å². The molecule has 4 aromatic rings. The number of hydrogen-bond donors (Lipinski definition) is 2. The highest BCUT2D eigenvalue weighted by Crippen LogP contribution is 2.28. The number of halogens is 2. The summed E-state index contributed by atoms with van der Waals surface area (Å²) in [5.41, 5.74) is 3.47. The third kappa shape index (κ3) is 7.13. The number of benzene rings is 4. The maximum atomic E-state index is 12.8. The smallest absolute Gasteiger partial charge is 0.343 e. The minimum absolute atomic E-state index is 0.229. The zero-order valence-corrected chi connectivity index (χ0v) is 22.3. The molecule has 0 saturated heterocycles. The first-order valence-electron chi connectivity index (χ1n) is 11.9. The second-order valence-electron chi connectivity index (χ2n) is 8.15. The summed E-state index contributed by atoms with van der Waals surface area (Å²) in [7, 11) is 0. The van der Waals surface area contributed by atoms with Crippen LogP contribution < -0.4 is 20.2 Å². The van der Waals surface area contributed by atoms with Gasteiger partial charge in [0, 0.05) is 11.1 Å². The number of hydrazone groups is 1. The van der Waals surface area contributed by atoms with Crippen molar-refractivity contribution in [3.8, 4) is 11.5 Å². The van der Waals surface area contributed by atoms with Gasteiger partial charge in [0.25, 0.3) is 11.8 Å². The van der Waals surface area contributed by atoms with E-state index in [1.807, 2.05) is 37.3 Å². The number of hydrogen-bond acceptors (Lipinski definition) is 6. The molecule has 4 aromatic carbocycles. The minimum atomic E-state index is -0.562. The Morgan fingerprint density at radius 1 is 0.897 bits per heavy atom. The largest absolute Gasteiger partial charge is 0.494 e. The average molecular weight is 564 g/mol. The van der Waals surface area contributed by atoms with E-state index in [4.69, 9.17) is 32.7 Å². The van der Waals surface area contributed by atoms with Crippen LogP contribution in [0.15, 0.2) is 84.0 Å². The molecule has 0 aliphatic rings. The van der Waals surface area contributed by atoms with Gasteiger partial charge in [-0.1, -0.05) is 53.5 Å². The van der Waals surface area contributed by atoms with Gasteiger partial charge in [0.15, 0.2) is 0 Å². The molecule has 0 bridgehead atoms. The van der Waals surface area contributed by atoms with Crippen molar-refractivity contribution in [2.75, 3.05) is 13.2 Å². The number of esters is 1. The standard InChI is InChI=1S/C29H23Cl2N3O5/c1-2-38-21-11-7-19(8-12-21)29(37)39-26-14-10-18-5-3-4-6-22(18)23(26)16-33-34-27(35)17-32-28(36)20-9-13-24(30)25(31)15-20/h3-16H,2,17H2,1H3,(H,32,36)(H,34,35). The highest BCUT2D eigenvalue weighted by atomic mass is 35.5. The van der Waals surface area contributed by atoms with Crippen molar-refractivity contribution >= 4 is 58.0 Å². The predicted molar refractivity (Wildman–Crippen MR) is 151 cm³/mol. The SMILES string of the molecule is CCOc1ccc(C(=O)Oc2ccc3ccccc3c2C=NNC(=O)CNC(=O)c2ccc(Cl)c(Cl)c2)cc1. The van der Waals surface area contributed by atoms with Crippen LogP contribution in [0.5, 0.6) is 11.5 Å². The van der Waals surface area contributed by atoms with Crippen molar-refractivity contribution in [3.63, 3.8) is 0 Å². The number of carbonyl (C=O) groups excluding carboxylic acids is 3. The zero-order chi connectivity index (χ0) is 27.8. The molecule has 0 spiro atoms. The lowest BCUT2D eigenvalue weighted by molar-refractivity contribution is -0.120. The number of fused-ring (bicyclic) bond motifs is 1. The van der Waals surface area contributed by atoms with E-state index >= 15 is 0 Å². The molecular weight excluding hydrogens is 541 g/mol. The maximum Gasteiger partial charge on any atom is 0.343 e. The number of rotatable bonds is 9. The lowest BCUT2D eigenvalue weighted by Gasteiger charge is -2.11. The lowest BCUT2D eigenvalue weighted by atomic mass is 10.0. The molecule has 0 radical (unpaired) electrons. The van der Waals surface area contributed by atoms with Crippen molar-refractivity contribution < 1.29 is 23.9 Å². The van der Waals surface area contributed by atoms with Gasteiger partial charge in [-0.15, -0.1) is 0 Å². The Labute approximate surface area is 234 Å². The summed E-state index contributed by atoms with van der Waals surface area (Å²) in [4.78, 5) is 37.4. The zero-order valence-electron chi connectivity index (χ0n) is 20.7. The third-order valence-corrected chi connectivity index (χ3v) is 6.25. The number of ether oxygens (including phenoxy) is 2. The second-order valence-corrected chi connectivity index (χ2v) is 8.96. The number of amides is 2. The Hall–Kier alpha value is -4.40. The van der Waals surface area contributed by atoms with Crippen molar-refractivity contribution in [2.24, 2.45) is 5.10 Å². The summed E-state index contributed by atoms with van der Waals surface area (Å²) in [6, 6.07) is 22.0. The third-order valence-electron chi connectivity index (χ3n) is 5.51. The minimum Gasteiger partial charge on any atom is -0.494 e. The Bertz CT molecular complexity index is 1550. The van der Waals surface area contributed by atoms with Gasteiger partial charge >= 0.3 is 5.97 Å². The van der Waals surface area contributed by atoms with Gasteiger partial charge in [-0.25, -0.2) is 10.2 Å². The quantitative estimate of drug-likeness (QED) is 0.118. The number of nitrogens with one attached hydrogen (secondary N) is 2. The topological polar surface area (TPSA) is 106 Å². The first-order valence-corrected chi connectivity index (χ1v) is 12.6. The van der Waals surface area contributed by atoms with Crippen molar-refractivity contribution in [3.05, 3.63) is 106 Å². The molecule has 4 rings (SSSR count). The molecule has 0 saturated carbocycles. The first kappa shape index (κ1) is 27.6. The van der Waals surface area contributed by atoms with Crippen LogP contribution in [0.25, 0.3) is 10.8 Å². The van der Waals surface area contributed by atoms with Crippen LogP contribution in [0.3, 0.4) is 0 Å². The molecule has 0 unspecified atom stereocenters. The number of carbonyl (C=O) groups is 3. The highest BCUT2D eigenvalue weighted by molar-refractivity contribution is 6.42. The predicted octanol–water partition coefficient (Wildman–Crippen LogP) is 5.64. The monoisotopic (exact) mass is 563 g/mol. The summed E-state index contributed by atoms with van der Waals surface area (Å²) >= 11 is 11.8. The van der Waals surface area contributed by atoms with Gasteiger partial charge in [0.05, 0.1) is 35.0 Å². The van der Waals surface area contributed by atoms with Crippen molar-refractivity contribution in [1.29, 1.82) is 0 Å². The van der Waals surface area contributed by atoms with Crippen LogP contribution in [0, 0.1) is 0 Å². The molecule has 8 nitrogen and oxygen atoms in total. The molecule has 10 heteroatoms. The van der Waals surface area contributed by atoms with E-state index in [0.717, 1.165) is 10.8 Å². The molecule has 39 heavy (non-hydrogen) atoms. The van der Waals surface area contributed by atoms with E-state index in [0.29, 0.717) is 28.5 Å². The van der Waals surface area contributed by atoms with Crippen molar-refractivity contribution in [1.82, 2.24) is 10.7 Å². The molecule has 0 heterocycles. The Morgan fingerprint density at radius 2 is 1.64 bits per heavy atom. The fourth-order valence-corrected chi connectivity index (χ4v) is 3.92. The normalized spacial score (nSPS) is 10.8. The van der Waals surface area contributed by atoms with Gasteiger partial charge in [0.1, 0.15) is 11.5 Å². The molecule has 2 amide bonds. The van der Waals surface area contributed by atoms with E-state index in [2.05, 4.69) is 15.8 Å². The van der Waals surface area contributed by atoms with E-state index in [1.165, 1.54) is 24.4 Å².